The van der Waals surface area contributed by atoms with E-state index < -0.39 is 17.6 Å². The van der Waals surface area contributed by atoms with Gasteiger partial charge in [0.15, 0.2) is 0 Å². The molecule has 0 saturated heterocycles. The summed E-state index contributed by atoms with van der Waals surface area (Å²) in [5.74, 6) is -0.390. The van der Waals surface area contributed by atoms with Gasteiger partial charge in [-0.25, -0.2) is 0 Å². The molecule has 8 heteroatoms. The first-order chi connectivity index (χ1) is 11.9. The molecule has 0 aliphatic heterocycles. The summed E-state index contributed by atoms with van der Waals surface area (Å²) >= 11 is 0. The Labute approximate surface area is 141 Å². The molecule has 1 aromatic carbocycles. The average Bonchev–Trinajstić information content (AvgIpc) is 3.03. The quantitative estimate of drug-likeness (QED) is 0.785. The van der Waals surface area contributed by atoms with E-state index in [1.54, 1.807) is 36.8 Å². The Morgan fingerprint density at radius 2 is 1.68 bits per heavy atom. The fourth-order valence-corrected chi connectivity index (χ4v) is 2.31. The third-order valence-corrected chi connectivity index (χ3v) is 3.48. The summed E-state index contributed by atoms with van der Waals surface area (Å²) < 4.78 is 39.1. The monoisotopic (exact) mass is 346 g/mol. The Balaban J connectivity index is 1.69. The largest absolute Gasteiger partial charge is 0.416 e. The number of anilines is 1. The van der Waals surface area contributed by atoms with Gasteiger partial charge in [-0.1, -0.05) is 0 Å². The smallest absolute Gasteiger partial charge is 0.324 e. The van der Waals surface area contributed by atoms with Crippen molar-refractivity contribution in [3.63, 3.8) is 0 Å². The molecule has 0 aliphatic carbocycles. The summed E-state index contributed by atoms with van der Waals surface area (Å²) in [4.78, 5) is 16.1. The van der Waals surface area contributed by atoms with E-state index in [0.29, 0.717) is 0 Å². The van der Waals surface area contributed by atoms with Crippen molar-refractivity contribution in [2.24, 2.45) is 0 Å². The molecule has 3 rings (SSSR count). The molecule has 3 aromatic rings. The lowest BCUT2D eigenvalue weighted by Crippen LogP contribution is -2.20. The molecule has 0 aliphatic rings. The Morgan fingerprint density at radius 3 is 2.32 bits per heavy atom. The van der Waals surface area contributed by atoms with Crippen LogP contribution in [0, 0.1) is 0 Å². The number of hydrogen-bond acceptors (Lipinski definition) is 3. The van der Waals surface area contributed by atoms with Crippen molar-refractivity contribution in [3.8, 4) is 11.3 Å². The second kappa shape index (κ2) is 6.76. The SMILES string of the molecule is O=C(Cn1nccc1-c1ccncc1)Nc1ccc(C(F)(F)F)cc1. The number of carbonyl (C=O) groups is 1. The van der Waals surface area contributed by atoms with Crippen molar-refractivity contribution < 1.29 is 18.0 Å². The number of halogens is 3. The van der Waals surface area contributed by atoms with E-state index in [1.165, 1.54) is 16.8 Å². The summed E-state index contributed by atoms with van der Waals surface area (Å²) in [7, 11) is 0. The third kappa shape index (κ3) is 4.03. The molecular weight excluding hydrogens is 333 g/mol. The van der Waals surface area contributed by atoms with Gasteiger partial charge in [0, 0.05) is 29.8 Å². The molecule has 25 heavy (non-hydrogen) atoms. The first kappa shape index (κ1) is 16.7. The fourth-order valence-electron chi connectivity index (χ4n) is 2.31. The van der Waals surface area contributed by atoms with Crippen LogP contribution in [0.15, 0.2) is 61.1 Å². The maximum Gasteiger partial charge on any atom is 0.416 e. The van der Waals surface area contributed by atoms with Crippen molar-refractivity contribution in [2.45, 2.75) is 12.7 Å². The van der Waals surface area contributed by atoms with Crippen LogP contribution in [0.1, 0.15) is 5.56 Å². The van der Waals surface area contributed by atoms with Crippen LogP contribution in [-0.2, 0) is 17.5 Å². The van der Waals surface area contributed by atoms with E-state index in [4.69, 9.17) is 0 Å². The van der Waals surface area contributed by atoms with Crippen LogP contribution in [0.25, 0.3) is 11.3 Å². The Morgan fingerprint density at radius 1 is 1.00 bits per heavy atom. The molecule has 0 fully saturated rings. The highest BCUT2D eigenvalue weighted by Gasteiger charge is 2.29. The van der Waals surface area contributed by atoms with Gasteiger partial charge in [-0.2, -0.15) is 18.3 Å². The van der Waals surface area contributed by atoms with Gasteiger partial charge in [-0.15, -0.1) is 0 Å². The Hall–Kier alpha value is -3.16. The molecule has 0 spiro atoms. The number of benzene rings is 1. The molecule has 5 nitrogen and oxygen atoms in total. The summed E-state index contributed by atoms with van der Waals surface area (Å²) in [5.41, 5.74) is 1.12. The van der Waals surface area contributed by atoms with Crippen LogP contribution in [0.3, 0.4) is 0 Å². The van der Waals surface area contributed by atoms with E-state index in [-0.39, 0.29) is 12.2 Å². The maximum atomic E-state index is 12.5. The number of rotatable bonds is 4. The van der Waals surface area contributed by atoms with Gasteiger partial charge in [0.2, 0.25) is 5.91 Å². The standard InChI is InChI=1S/C17H13F3N4O/c18-17(19,20)13-1-3-14(4-2-13)23-16(25)11-24-15(7-10-22-24)12-5-8-21-9-6-12/h1-10H,11H2,(H,23,25). The average molecular weight is 346 g/mol. The van der Waals surface area contributed by atoms with E-state index in [1.807, 2.05) is 0 Å². The second-order valence-corrected chi connectivity index (χ2v) is 5.23. The molecule has 128 valence electrons. The van der Waals surface area contributed by atoms with Gasteiger partial charge < -0.3 is 5.32 Å². The number of carbonyl (C=O) groups excluding carboxylic acids is 1. The van der Waals surface area contributed by atoms with E-state index in [2.05, 4.69) is 15.4 Å². The molecule has 0 radical (unpaired) electrons. The van der Waals surface area contributed by atoms with Gasteiger partial charge in [0.1, 0.15) is 6.54 Å². The lowest BCUT2D eigenvalue weighted by Gasteiger charge is -2.10. The number of pyridine rings is 1. The first-order valence-corrected chi connectivity index (χ1v) is 7.33. The van der Waals surface area contributed by atoms with Crippen LogP contribution in [0.4, 0.5) is 18.9 Å². The summed E-state index contributed by atoms with van der Waals surface area (Å²) in [6, 6.07) is 9.63. The van der Waals surface area contributed by atoms with Gasteiger partial charge >= 0.3 is 6.18 Å². The van der Waals surface area contributed by atoms with Gasteiger partial charge in [0.25, 0.3) is 0 Å². The van der Waals surface area contributed by atoms with Crippen LogP contribution < -0.4 is 5.32 Å². The van der Waals surface area contributed by atoms with Crippen molar-refractivity contribution in [1.29, 1.82) is 0 Å². The van der Waals surface area contributed by atoms with Crippen molar-refractivity contribution in [3.05, 3.63) is 66.6 Å². The van der Waals surface area contributed by atoms with Crippen LogP contribution in [0.5, 0.6) is 0 Å². The topological polar surface area (TPSA) is 59.8 Å². The van der Waals surface area contributed by atoms with Gasteiger partial charge in [-0.3, -0.25) is 14.5 Å². The molecule has 1 amide bonds. The number of nitrogens with one attached hydrogen (secondary N) is 1. The molecule has 0 atom stereocenters. The zero-order valence-electron chi connectivity index (χ0n) is 12.9. The molecular formula is C17H13F3N4O. The molecule has 0 bridgehead atoms. The van der Waals surface area contributed by atoms with Gasteiger partial charge in [-0.05, 0) is 42.5 Å². The Kier molecular flexibility index (Phi) is 4.51. The highest BCUT2D eigenvalue weighted by molar-refractivity contribution is 5.90. The minimum Gasteiger partial charge on any atom is -0.324 e. The third-order valence-electron chi connectivity index (χ3n) is 3.48. The van der Waals surface area contributed by atoms with E-state index >= 15 is 0 Å². The van der Waals surface area contributed by atoms with E-state index in [9.17, 15) is 18.0 Å². The molecule has 2 aromatic heterocycles. The molecule has 1 N–H and O–H groups in total. The molecule has 2 heterocycles. The number of hydrogen-bond donors (Lipinski definition) is 1. The van der Waals surface area contributed by atoms with Crippen LogP contribution in [-0.4, -0.2) is 20.7 Å². The molecule has 0 unspecified atom stereocenters. The minimum atomic E-state index is -4.41. The van der Waals surface area contributed by atoms with E-state index in [0.717, 1.165) is 23.4 Å². The number of alkyl halides is 3. The number of aromatic nitrogens is 3. The molecule has 0 saturated carbocycles. The van der Waals surface area contributed by atoms with Crippen molar-refractivity contribution in [2.75, 3.05) is 5.32 Å². The van der Waals surface area contributed by atoms with Crippen molar-refractivity contribution >= 4 is 11.6 Å². The lowest BCUT2D eigenvalue weighted by atomic mass is 10.2. The maximum absolute atomic E-state index is 12.5. The van der Waals surface area contributed by atoms with Crippen LogP contribution >= 0.6 is 0 Å². The normalized spacial score (nSPS) is 11.3. The lowest BCUT2D eigenvalue weighted by molar-refractivity contribution is -0.137. The first-order valence-electron chi connectivity index (χ1n) is 7.33. The zero-order valence-corrected chi connectivity index (χ0v) is 12.9. The minimum absolute atomic E-state index is 0.0638. The number of amides is 1. The summed E-state index contributed by atoms with van der Waals surface area (Å²) in [5, 5.41) is 6.67. The second-order valence-electron chi connectivity index (χ2n) is 5.23. The predicted molar refractivity (Wildman–Crippen MR) is 85.5 cm³/mol. The highest BCUT2D eigenvalue weighted by Crippen LogP contribution is 2.29. The van der Waals surface area contributed by atoms with Crippen molar-refractivity contribution in [1.82, 2.24) is 14.8 Å². The predicted octanol–water partition coefficient (Wildman–Crippen LogP) is 3.60. The summed E-state index contributed by atoms with van der Waals surface area (Å²) in [6.45, 7) is -0.0638. The Bertz CT molecular complexity index is 858. The zero-order chi connectivity index (χ0) is 17.9. The fraction of sp³-hybridized carbons (Fsp3) is 0.118. The van der Waals surface area contributed by atoms with Gasteiger partial charge in [0.05, 0.1) is 11.3 Å². The number of nitrogens with zero attached hydrogens (tertiary/aromatic N) is 3. The summed E-state index contributed by atoms with van der Waals surface area (Å²) in [6.07, 6.45) is 0.433. The van der Waals surface area contributed by atoms with Crippen LogP contribution in [0.2, 0.25) is 0 Å². The highest BCUT2D eigenvalue weighted by atomic mass is 19.4.